The Balaban J connectivity index is 1.07. The predicted octanol–water partition coefficient (Wildman–Crippen LogP) is 7.03. The van der Waals surface area contributed by atoms with E-state index in [9.17, 15) is 20.0 Å². The van der Waals surface area contributed by atoms with Crippen LogP contribution in [-0.2, 0) is 34.6 Å². The smallest absolute Gasteiger partial charge is 0.269 e. The van der Waals surface area contributed by atoms with Crippen LogP contribution in [-0.4, -0.2) is 64.7 Å². The molecule has 1 aromatic heterocycles. The Bertz CT molecular complexity index is 2630. The number of carbonyl (C=O) groups excluding carboxylic acids is 2. The quantitative estimate of drug-likeness (QED) is 0.0781. The molecule has 6 aromatic rings. The summed E-state index contributed by atoms with van der Waals surface area (Å²) in [6.07, 6.45) is 2.30. The van der Waals surface area contributed by atoms with Crippen LogP contribution in [0.25, 0.3) is 10.8 Å². The summed E-state index contributed by atoms with van der Waals surface area (Å²) in [7, 11) is -0.855. The van der Waals surface area contributed by atoms with Crippen molar-refractivity contribution in [3.63, 3.8) is 0 Å². The highest BCUT2D eigenvalue weighted by Crippen LogP contribution is 2.60. The number of hydrogen-bond donors (Lipinski definition) is 1. The van der Waals surface area contributed by atoms with E-state index >= 15 is 4.79 Å². The Morgan fingerprint density at radius 2 is 1.71 bits per heavy atom. The number of aromatic nitrogens is 3. The molecular weight excluding hydrogens is 765 g/mol. The maximum absolute atomic E-state index is 15.3. The fraction of sp³-hybridized carbons (Fsp3) is 0.289. The van der Waals surface area contributed by atoms with Crippen LogP contribution in [0.1, 0.15) is 40.5 Å². The number of rotatable bonds is 12. The molecule has 0 aliphatic carbocycles. The average molecular weight is 809 g/mol. The number of nitrogens with zero attached hydrogens (tertiary/aromatic N) is 6. The van der Waals surface area contributed by atoms with Gasteiger partial charge in [0.05, 0.1) is 55.4 Å². The molecule has 4 atom stereocenters. The van der Waals surface area contributed by atoms with Gasteiger partial charge in [-0.25, -0.2) is 0 Å². The van der Waals surface area contributed by atoms with Gasteiger partial charge in [-0.3, -0.25) is 29.3 Å². The van der Waals surface area contributed by atoms with E-state index in [1.165, 1.54) is 17.3 Å². The second-order valence-electron chi connectivity index (χ2n) is 16.2. The van der Waals surface area contributed by atoms with Crippen LogP contribution in [0.3, 0.4) is 0 Å². The van der Waals surface area contributed by atoms with Crippen molar-refractivity contribution in [2.24, 2.45) is 5.92 Å². The van der Waals surface area contributed by atoms with Gasteiger partial charge < -0.3 is 19.5 Å². The van der Waals surface area contributed by atoms with Crippen LogP contribution >= 0.6 is 0 Å². The van der Waals surface area contributed by atoms with E-state index in [0.717, 1.165) is 27.8 Å². The van der Waals surface area contributed by atoms with E-state index in [-0.39, 0.29) is 42.1 Å². The second kappa shape index (κ2) is 14.6. The third kappa shape index (κ3) is 6.12. The number of carbonyl (C=O) groups is 2. The van der Waals surface area contributed by atoms with Gasteiger partial charge in [0.2, 0.25) is 0 Å². The van der Waals surface area contributed by atoms with Crippen molar-refractivity contribution in [1.82, 2.24) is 15.0 Å². The fourth-order valence-electron chi connectivity index (χ4n) is 9.88. The first-order chi connectivity index (χ1) is 28.5. The molecule has 300 valence electrons. The molecular formula is C45H44N6O7Si. The monoisotopic (exact) mass is 808 g/mol. The zero-order valence-corrected chi connectivity index (χ0v) is 34.2. The highest BCUT2D eigenvalue weighted by molar-refractivity contribution is 6.91. The van der Waals surface area contributed by atoms with Crippen molar-refractivity contribution >= 4 is 58.6 Å². The number of nitro benzene ring substituents is 1. The van der Waals surface area contributed by atoms with Crippen LogP contribution in [0, 0.1) is 16.0 Å². The molecule has 13 nitrogen and oxygen atoms in total. The van der Waals surface area contributed by atoms with E-state index < -0.39 is 24.7 Å². The van der Waals surface area contributed by atoms with E-state index in [1.807, 2.05) is 79.0 Å². The summed E-state index contributed by atoms with van der Waals surface area (Å²) >= 11 is 0. The topological polar surface area (TPSA) is 153 Å². The minimum Gasteiger partial charge on any atom is -0.497 e. The van der Waals surface area contributed by atoms with Crippen LogP contribution < -0.4 is 19.7 Å². The predicted molar refractivity (Wildman–Crippen MR) is 226 cm³/mol. The second-order valence-corrected chi connectivity index (χ2v) is 20.9. The van der Waals surface area contributed by atoms with Crippen molar-refractivity contribution < 1.29 is 29.1 Å². The van der Waals surface area contributed by atoms with Crippen LogP contribution in [0.4, 0.5) is 22.7 Å². The largest absolute Gasteiger partial charge is 0.497 e. The molecule has 59 heavy (non-hydrogen) atoms. The first-order valence-electron chi connectivity index (χ1n) is 19.8. The normalized spacial score (nSPS) is 20.9. The van der Waals surface area contributed by atoms with Gasteiger partial charge in [0, 0.05) is 60.5 Å². The summed E-state index contributed by atoms with van der Waals surface area (Å²) in [5.41, 5.74) is 3.06. The SMILES string of the molecule is COc1ccc([Si](C)(C)[C@@H]2[C@@H](CCn3cc(CCO)nn3)O[C@]3(C(=O)N(Cc4ccc(N5C(=O)c6cccc7cccc5c67)cc4)c4ccc([N+](=O)[O-])cc43)[C@H]2C)cc1. The number of ether oxygens (including phenoxy) is 2. The van der Waals surface area contributed by atoms with Crippen molar-refractivity contribution in [3.05, 3.63) is 142 Å². The summed E-state index contributed by atoms with van der Waals surface area (Å²) in [6.45, 7) is 7.25. The molecule has 1 spiro atoms. The molecule has 1 fully saturated rings. The molecule has 14 heteroatoms. The maximum atomic E-state index is 15.3. The zero-order chi connectivity index (χ0) is 41.2. The lowest BCUT2D eigenvalue weighted by Gasteiger charge is -2.37. The molecule has 4 heterocycles. The van der Waals surface area contributed by atoms with Crippen LogP contribution in [0.15, 0.2) is 109 Å². The first kappa shape index (κ1) is 38.3. The van der Waals surface area contributed by atoms with Crippen molar-refractivity contribution in [1.29, 1.82) is 0 Å². The fourth-order valence-corrected chi connectivity index (χ4v) is 13.9. The van der Waals surface area contributed by atoms with Gasteiger partial charge in [-0.2, -0.15) is 0 Å². The zero-order valence-electron chi connectivity index (χ0n) is 33.2. The standard InChI is InChI=1S/C45H44N6O7Si/c1-28-42(59(3,4)35-18-16-34(57-2)17-19-35)40(21-23-48-27-31(22-24-52)46-47-48)58-45(28)37-25-33(51(55)56)15-20-38(37)49(44(45)54)26-29-11-13-32(14-12-29)50-39-10-6-8-30-7-5-9-36(41(30)39)43(50)53/h5-20,25,27-28,40,42,52H,21-24,26H2,1-4H3/t28-,40+,42-,45+/m0/s1. The number of aliphatic hydroxyl groups is 1. The lowest BCUT2D eigenvalue weighted by Crippen LogP contribution is -2.51. The van der Waals surface area contributed by atoms with Crippen molar-refractivity contribution in [3.8, 4) is 5.75 Å². The van der Waals surface area contributed by atoms with Gasteiger partial charge in [0.25, 0.3) is 17.5 Å². The number of non-ortho nitro benzene ring substituents is 1. The molecule has 1 saturated heterocycles. The first-order valence-corrected chi connectivity index (χ1v) is 22.9. The molecule has 0 bridgehead atoms. The van der Waals surface area contributed by atoms with Gasteiger partial charge in [-0.15, -0.1) is 5.10 Å². The summed E-state index contributed by atoms with van der Waals surface area (Å²) < 4.78 is 14.4. The minimum atomic E-state index is -2.49. The molecule has 3 aliphatic rings. The number of aryl methyl sites for hydroxylation is 1. The molecule has 9 rings (SSSR count). The minimum absolute atomic E-state index is 0.0355. The number of nitro groups is 1. The number of amides is 2. The molecule has 1 N–H and O–H groups in total. The Kier molecular flexibility index (Phi) is 9.45. The third-order valence-corrected chi connectivity index (χ3v) is 17.1. The Labute approximate surface area is 341 Å². The number of benzene rings is 5. The number of fused-ring (bicyclic) bond motifs is 2. The Hall–Kier alpha value is -6.22. The molecule has 0 unspecified atom stereocenters. The number of methoxy groups -OCH3 is 1. The van der Waals surface area contributed by atoms with Crippen molar-refractivity contribution in [2.45, 2.75) is 63.2 Å². The lowest BCUT2D eigenvalue weighted by molar-refractivity contribution is -0.385. The average Bonchev–Trinajstić information content (AvgIpc) is 3.96. The maximum Gasteiger partial charge on any atom is 0.269 e. The molecule has 0 saturated carbocycles. The highest BCUT2D eigenvalue weighted by Gasteiger charge is 2.66. The number of anilines is 3. The van der Waals surface area contributed by atoms with Crippen molar-refractivity contribution in [2.75, 3.05) is 23.5 Å². The number of aliphatic hydroxyl groups excluding tert-OH is 1. The summed E-state index contributed by atoms with van der Waals surface area (Å²) in [5.74, 6) is 0.0174. The van der Waals surface area contributed by atoms with Gasteiger partial charge in [-0.05, 0) is 65.4 Å². The summed E-state index contributed by atoms with van der Waals surface area (Å²) in [4.78, 5) is 44.3. The van der Waals surface area contributed by atoms with Crippen LogP contribution in [0.5, 0.6) is 5.75 Å². The highest BCUT2D eigenvalue weighted by atomic mass is 28.3. The summed E-state index contributed by atoms with van der Waals surface area (Å²) in [6, 6.07) is 32.0. The number of hydrogen-bond acceptors (Lipinski definition) is 9. The van der Waals surface area contributed by atoms with E-state index in [1.54, 1.807) is 27.7 Å². The summed E-state index contributed by atoms with van der Waals surface area (Å²) in [5, 5.41) is 33.3. The van der Waals surface area contributed by atoms with Gasteiger partial charge in [0.15, 0.2) is 5.60 Å². The van der Waals surface area contributed by atoms with E-state index in [2.05, 4.69) is 42.5 Å². The van der Waals surface area contributed by atoms with Gasteiger partial charge in [0.1, 0.15) is 5.75 Å². The lowest BCUT2D eigenvalue weighted by atomic mass is 9.82. The molecule has 0 radical (unpaired) electrons. The van der Waals surface area contributed by atoms with E-state index in [0.29, 0.717) is 47.6 Å². The van der Waals surface area contributed by atoms with E-state index in [4.69, 9.17) is 9.47 Å². The third-order valence-electron chi connectivity index (χ3n) is 12.7. The molecule has 5 aromatic carbocycles. The molecule has 2 amide bonds. The molecule has 3 aliphatic heterocycles. The van der Waals surface area contributed by atoms with Crippen LogP contribution in [0.2, 0.25) is 18.6 Å². The van der Waals surface area contributed by atoms with Gasteiger partial charge >= 0.3 is 0 Å². The Morgan fingerprint density at radius 3 is 2.42 bits per heavy atom. The van der Waals surface area contributed by atoms with Gasteiger partial charge in [-0.1, -0.05) is 78.9 Å². The Morgan fingerprint density at radius 1 is 0.966 bits per heavy atom.